The van der Waals surface area contributed by atoms with E-state index in [4.69, 9.17) is 5.11 Å². The molecule has 1 atom stereocenters. The van der Waals surface area contributed by atoms with Crippen LogP contribution in [0.4, 0.5) is 4.79 Å². The smallest absolute Gasteiger partial charge is 0.317 e. The monoisotopic (exact) mass is 240 g/mol. The van der Waals surface area contributed by atoms with Crippen molar-refractivity contribution in [2.45, 2.75) is 51.0 Å². The van der Waals surface area contributed by atoms with Gasteiger partial charge in [-0.15, -0.1) is 0 Å². The highest BCUT2D eigenvalue weighted by atomic mass is 16.3. The maximum atomic E-state index is 12.0. The van der Waals surface area contributed by atoms with Gasteiger partial charge in [0.15, 0.2) is 0 Å². The lowest BCUT2D eigenvalue weighted by atomic mass is 10.0. The summed E-state index contributed by atoms with van der Waals surface area (Å²) >= 11 is 0. The molecule has 2 rings (SSSR count). The number of rotatable bonds is 5. The quantitative estimate of drug-likeness (QED) is 0.769. The first-order valence-corrected chi connectivity index (χ1v) is 6.96. The van der Waals surface area contributed by atoms with Crippen LogP contribution in [0.25, 0.3) is 0 Å². The van der Waals surface area contributed by atoms with Crippen molar-refractivity contribution in [2.75, 3.05) is 19.7 Å². The fraction of sp³-hybridized carbons (Fsp3) is 0.923. The number of aliphatic hydroxyl groups is 1. The van der Waals surface area contributed by atoms with Gasteiger partial charge in [0, 0.05) is 25.7 Å². The van der Waals surface area contributed by atoms with Gasteiger partial charge in [0.25, 0.3) is 0 Å². The van der Waals surface area contributed by atoms with E-state index in [-0.39, 0.29) is 18.7 Å². The summed E-state index contributed by atoms with van der Waals surface area (Å²) in [6.07, 6.45) is 7.84. The average Bonchev–Trinajstić information content (AvgIpc) is 3.14. The molecule has 4 heteroatoms. The molecule has 0 bridgehead atoms. The van der Waals surface area contributed by atoms with E-state index in [1.165, 1.54) is 19.3 Å². The minimum Gasteiger partial charge on any atom is -0.396 e. The van der Waals surface area contributed by atoms with Gasteiger partial charge in [0.05, 0.1) is 0 Å². The summed E-state index contributed by atoms with van der Waals surface area (Å²) in [5.41, 5.74) is 0. The highest BCUT2D eigenvalue weighted by Gasteiger charge is 2.26. The van der Waals surface area contributed by atoms with Crippen LogP contribution in [0.2, 0.25) is 0 Å². The van der Waals surface area contributed by atoms with Crippen LogP contribution >= 0.6 is 0 Å². The van der Waals surface area contributed by atoms with Crippen molar-refractivity contribution in [3.05, 3.63) is 0 Å². The molecule has 2 fully saturated rings. The fourth-order valence-electron chi connectivity index (χ4n) is 2.61. The predicted octanol–water partition coefficient (Wildman–Crippen LogP) is 1.73. The topological polar surface area (TPSA) is 52.6 Å². The fourth-order valence-corrected chi connectivity index (χ4v) is 2.61. The van der Waals surface area contributed by atoms with E-state index in [1.54, 1.807) is 0 Å². The standard InChI is InChI=1S/C13H24N2O2/c16-10-7-12-3-1-2-9-15(12)13(17)14-8-6-11-4-5-11/h11-12,16H,1-10H2,(H,14,17). The number of carbonyl (C=O) groups excluding carboxylic acids is 1. The van der Waals surface area contributed by atoms with Gasteiger partial charge in [-0.1, -0.05) is 12.8 Å². The van der Waals surface area contributed by atoms with Crippen molar-refractivity contribution < 1.29 is 9.90 Å². The van der Waals surface area contributed by atoms with Crippen molar-refractivity contribution in [1.29, 1.82) is 0 Å². The van der Waals surface area contributed by atoms with E-state index >= 15 is 0 Å². The third-order valence-electron chi connectivity index (χ3n) is 3.88. The molecule has 1 saturated heterocycles. The Labute approximate surface area is 103 Å². The van der Waals surface area contributed by atoms with E-state index in [9.17, 15) is 4.79 Å². The Morgan fingerprint density at radius 2 is 2.06 bits per heavy atom. The number of nitrogens with one attached hydrogen (secondary N) is 1. The zero-order valence-corrected chi connectivity index (χ0v) is 10.5. The molecule has 0 radical (unpaired) electrons. The first-order chi connectivity index (χ1) is 8.31. The molecule has 17 heavy (non-hydrogen) atoms. The first kappa shape index (κ1) is 12.7. The molecule has 1 aliphatic heterocycles. The van der Waals surface area contributed by atoms with Crippen LogP contribution in [0.1, 0.15) is 44.9 Å². The Balaban J connectivity index is 1.73. The van der Waals surface area contributed by atoms with Crippen molar-refractivity contribution >= 4 is 6.03 Å². The molecule has 0 spiro atoms. The van der Waals surface area contributed by atoms with Crippen LogP contribution in [0.5, 0.6) is 0 Å². The lowest BCUT2D eigenvalue weighted by Gasteiger charge is -2.35. The van der Waals surface area contributed by atoms with Crippen LogP contribution in [0.15, 0.2) is 0 Å². The minimum atomic E-state index is 0.0730. The van der Waals surface area contributed by atoms with Crippen LogP contribution in [0.3, 0.4) is 0 Å². The third kappa shape index (κ3) is 3.87. The number of hydrogen-bond acceptors (Lipinski definition) is 2. The molecule has 1 unspecified atom stereocenters. The van der Waals surface area contributed by atoms with Gasteiger partial charge in [-0.3, -0.25) is 0 Å². The van der Waals surface area contributed by atoms with Gasteiger partial charge in [-0.05, 0) is 38.0 Å². The molecule has 2 amide bonds. The summed E-state index contributed by atoms with van der Waals surface area (Å²) in [7, 11) is 0. The molecule has 2 aliphatic rings. The van der Waals surface area contributed by atoms with Crippen molar-refractivity contribution in [1.82, 2.24) is 10.2 Å². The summed E-state index contributed by atoms with van der Waals surface area (Å²) in [6.45, 7) is 1.84. The summed E-state index contributed by atoms with van der Waals surface area (Å²) in [6, 6.07) is 0.318. The maximum Gasteiger partial charge on any atom is 0.317 e. The van der Waals surface area contributed by atoms with Gasteiger partial charge >= 0.3 is 6.03 Å². The predicted molar refractivity (Wildman–Crippen MR) is 66.8 cm³/mol. The Bertz CT molecular complexity index is 252. The van der Waals surface area contributed by atoms with Gasteiger partial charge in [0.1, 0.15) is 0 Å². The molecule has 1 heterocycles. The SMILES string of the molecule is O=C(NCCC1CC1)N1CCCCC1CCO. The van der Waals surface area contributed by atoms with Gasteiger partial charge in [-0.2, -0.15) is 0 Å². The first-order valence-electron chi connectivity index (χ1n) is 6.96. The number of amides is 2. The molecule has 1 saturated carbocycles. The molecule has 1 aliphatic carbocycles. The normalized spacial score (nSPS) is 24.8. The van der Waals surface area contributed by atoms with E-state index in [0.717, 1.165) is 44.7 Å². The van der Waals surface area contributed by atoms with Crippen molar-refractivity contribution in [3.63, 3.8) is 0 Å². The number of carbonyl (C=O) groups is 1. The van der Waals surface area contributed by atoms with E-state index in [0.29, 0.717) is 0 Å². The van der Waals surface area contributed by atoms with Crippen LogP contribution in [-0.2, 0) is 0 Å². The minimum absolute atomic E-state index is 0.0730. The van der Waals surface area contributed by atoms with Gasteiger partial charge in [-0.25, -0.2) is 4.79 Å². The number of urea groups is 1. The number of nitrogens with zero attached hydrogens (tertiary/aromatic N) is 1. The second-order valence-electron chi connectivity index (χ2n) is 5.32. The van der Waals surface area contributed by atoms with Crippen LogP contribution in [-0.4, -0.2) is 41.8 Å². The van der Waals surface area contributed by atoms with E-state index in [2.05, 4.69) is 5.32 Å². The molecule has 4 nitrogen and oxygen atoms in total. The average molecular weight is 240 g/mol. The molecule has 2 N–H and O–H groups in total. The van der Waals surface area contributed by atoms with Crippen molar-refractivity contribution in [2.24, 2.45) is 5.92 Å². The molecule has 98 valence electrons. The largest absolute Gasteiger partial charge is 0.396 e. The summed E-state index contributed by atoms with van der Waals surface area (Å²) in [5.74, 6) is 0.866. The highest BCUT2D eigenvalue weighted by molar-refractivity contribution is 5.74. The number of aliphatic hydroxyl groups excluding tert-OH is 1. The lowest BCUT2D eigenvalue weighted by molar-refractivity contribution is 0.132. The Morgan fingerprint density at radius 3 is 2.76 bits per heavy atom. The van der Waals surface area contributed by atoms with E-state index in [1.807, 2.05) is 4.90 Å². The van der Waals surface area contributed by atoms with Crippen LogP contribution in [0, 0.1) is 5.92 Å². The number of hydrogen-bond donors (Lipinski definition) is 2. The summed E-state index contributed by atoms with van der Waals surface area (Å²) in [4.78, 5) is 13.9. The lowest BCUT2D eigenvalue weighted by Crippen LogP contribution is -2.49. The Kier molecular flexibility index (Phi) is 4.66. The van der Waals surface area contributed by atoms with Crippen molar-refractivity contribution in [3.8, 4) is 0 Å². The molecular formula is C13H24N2O2. The second kappa shape index (κ2) is 6.24. The summed E-state index contributed by atoms with van der Waals surface area (Å²) < 4.78 is 0. The third-order valence-corrected chi connectivity index (χ3v) is 3.88. The molecule has 0 aromatic rings. The molecule has 0 aromatic carbocycles. The molecule has 0 aromatic heterocycles. The van der Waals surface area contributed by atoms with Gasteiger partial charge < -0.3 is 15.3 Å². The maximum absolute atomic E-state index is 12.0. The zero-order chi connectivity index (χ0) is 12.1. The Morgan fingerprint density at radius 1 is 1.24 bits per heavy atom. The summed E-state index contributed by atoms with van der Waals surface area (Å²) in [5, 5.41) is 12.0. The number of likely N-dealkylation sites (tertiary alicyclic amines) is 1. The van der Waals surface area contributed by atoms with Gasteiger partial charge in [0.2, 0.25) is 0 Å². The zero-order valence-electron chi connectivity index (χ0n) is 10.5. The molecular weight excluding hydrogens is 216 g/mol. The second-order valence-corrected chi connectivity index (χ2v) is 5.32. The van der Waals surface area contributed by atoms with Crippen LogP contribution < -0.4 is 5.32 Å². The number of piperidine rings is 1. The highest BCUT2D eigenvalue weighted by Crippen LogP contribution is 2.31. The Hall–Kier alpha value is -0.770. The van der Waals surface area contributed by atoms with E-state index < -0.39 is 0 Å².